The third-order valence-corrected chi connectivity index (χ3v) is 6.30. The summed E-state index contributed by atoms with van der Waals surface area (Å²) < 4.78 is 21.4. The molecule has 0 spiro atoms. The van der Waals surface area contributed by atoms with Crippen molar-refractivity contribution < 1.29 is 28.7 Å². The van der Waals surface area contributed by atoms with E-state index in [1.165, 1.54) is 11.8 Å². The first kappa shape index (κ1) is 24.8. The first-order valence-electron chi connectivity index (χ1n) is 9.53. The Hall–Kier alpha value is -1.87. The summed E-state index contributed by atoms with van der Waals surface area (Å²) in [6, 6.07) is 22.6. The van der Waals surface area contributed by atoms with Crippen molar-refractivity contribution in [3.05, 3.63) is 88.9 Å². The lowest BCUT2D eigenvalue weighted by molar-refractivity contribution is 0.106. The molecule has 0 aliphatic rings. The molecule has 3 aromatic carbocycles. The molecule has 0 bridgehead atoms. The Balaban J connectivity index is 1.70. The molecule has 0 amide bonds. The van der Waals surface area contributed by atoms with E-state index in [1.54, 1.807) is 18.2 Å². The SMILES string of the molecule is N[C@@](CO)(COP(=O)(O)O)c1ccc(Sc2cccc(OCc3ccccc3)c2)cc1Cl. The largest absolute Gasteiger partial charge is 0.489 e. The van der Waals surface area contributed by atoms with E-state index in [0.29, 0.717) is 12.2 Å². The van der Waals surface area contributed by atoms with E-state index in [4.69, 9.17) is 31.9 Å². The Labute approximate surface area is 195 Å². The van der Waals surface area contributed by atoms with Crippen LogP contribution in [0, 0.1) is 0 Å². The summed E-state index contributed by atoms with van der Waals surface area (Å²) >= 11 is 7.84. The number of halogens is 1. The van der Waals surface area contributed by atoms with Crippen LogP contribution < -0.4 is 10.5 Å². The monoisotopic (exact) mass is 495 g/mol. The number of phosphoric acid groups is 1. The van der Waals surface area contributed by atoms with Gasteiger partial charge in [-0.25, -0.2) is 4.57 Å². The lowest BCUT2D eigenvalue weighted by Crippen LogP contribution is -2.45. The van der Waals surface area contributed by atoms with Gasteiger partial charge in [0.1, 0.15) is 12.4 Å². The van der Waals surface area contributed by atoms with E-state index in [-0.39, 0.29) is 5.02 Å². The van der Waals surface area contributed by atoms with Crippen molar-refractivity contribution in [1.82, 2.24) is 0 Å². The zero-order valence-electron chi connectivity index (χ0n) is 16.9. The number of aliphatic hydroxyl groups excluding tert-OH is 1. The topological polar surface area (TPSA) is 122 Å². The van der Waals surface area contributed by atoms with Gasteiger partial charge in [-0.3, -0.25) is 4.52 Å². The summed E-state index contributed by atoms with van der Waals surface area (Å²) in [6.07, 6.45) is 0. The molecule has 7 nitrogen and oxygen atoms in total. The van der Waals surface area contributed by atoms with Gasteiger partial charge in [0, 0.05) is 14.8 Å². The lowest BCUT2D eigenvalue weighted by atomic mass is 9.93. The summed E-state index contributed by atoms with van der Waals surface area (Å²) in [4.78, 5) is 19.6. The smallest absolute Gasteiger partial charge is 0.469 e. The van der Waals surface area contributed by atoms with Gasteiger partial charge in [-0.1, -0.05) is 65.8 Å². The van der Waals surface area contributed by atoms with E-state index in [0.717, 1.165) is 21.1 Å². The highest BCUT2D eigenvalue weighted by atomic mass is 35.5. The minimum Gasteiger partial charge on any atom is -0.489 e. The predicted molar refractivity (Wildman–Crippen MR) is 124 cm³/mol. The van der Waals surface area contributed by atoms with E-state index >= 15 is 0 Å². The van der Waals surface area contributed by atoms with Crippen LogP contribution in [0.5, 0.6) is 5.75 Å². The predicted octanol–water partition coefficient (Wildman–Crippen LogP) is 4.33. The number of benzene rings is 3. The maximum atomic E-state index is 11.0. The van der Waals surface area contributed by atoms with Gasteiger partial charge >= 0.3 is 7.82 Å². The van der Waals surface area contributed by atoms with Gasteiger partial charge in [-0.2, -0.15) is 0 Å². The van der Waals surface area contributed by atoms with Gasteiger partial charge < -0.3 is 25.4 Å². The van der Waals surface area contributed by atoms with Gasteiger partial charge in [-0.15, -0.1) is 0 Å². The van der Waals surface area contributed by atoms with Crippen molar-refractivity contribution in [2.75, 3.05) is 13.2 Å². The van der Waals surface area contributed by atoms with Crippen LogP contribution in [-0.2, 0) is 21.2 Å². The zero-order valence-corrected chi connectivity index (χ0v) is 19.4. The minimum absolute atomic E-state index is 0.248. The quantitative estimate of drug-likeness (QED) is 0.307. The maximum absolute atomic E-state index is 11.0. The second-order valence-electron chi connectivity index (χ2n) is 7.07. The molecule has 0 fully saturated rings. The molecule has 3 aromatic rings. The van der Waals surface area contributed by atoms with Crippen LogP contribution in [0.4, 0.5) is 0 Å². The first-order valence-corrected chi connectivity index (χ1v) is 12.3. The number of hydrogen-bond donors (Lipinski definition) is 4. The second-order valence-corrected chi connectivity index (χ2v) is 9.86. The molecule has 0 aliphatic heterocycles. The highest BCUT2D eigenvalue weighted by Gasteiger charge is 2.32. The van der Waals surface area contributed by atoms with Crippen LogP contribution in [0.1, 0.15) is 11.1 Å². The molecule has 0 aliphatic carbocycles. The van der Waals surface area contributed by atoms with Crippen molar-refractivity contribution >= 4 is 31.2 Å². The number of rotatable bonds is 10. The highest BCUT2D eigenvalue weighted by molar-refractivity contribution is 7.99. The Kier molecular flexibility index (Phi) is 8.38. The van der Waals surface area contributed by atoms with Crippen molar-refractivity contribution in [3.8, 4) is 5.75 Å². The van der Waals surface area contributed by atoms with Gasteiger partial charge in [0.15, 0.2) is 0 Å². The standard InChI is InChI=1S/C22H23ClNO6PS/c23-21-12-19(9-10-20(21)22(24,14-25)15-30-31(26,27)28)32-18-8-4-7-17(11-18)29-13-16-5-2-1-3-6-16/h1-12,25H,13-15,24H2,(H2,26,27,28)/t22-/m0/s1. The number of aliphatic hydroxyl groups is 1. The molecule has 10 heteroatoms. The van der Waals surface area contributed by atoms with Crippen LogP contribution in [0.3, 0.4) is 0 Å². The van der Waals surface area contributed by atoms with E-state index in [9.17, 15) is 9.67 Å². The third kappa shape index (κ3) is 7.07. The van der Waals surface area contributed by atoms with Crippen molar-refractivity contribution in [1.29, 1.82) is 0 Å². The Morgan fingerprint density at radius 1 is 1.00 bits per heavy atom. The zero-order chi connectivity index (χ0) is 23.2. The van der Waals surface area contributed by atoms with Crippen molar-refractivity contribution in [2.45, 2.75) is 21.9 Å². The van der Waals surface area contributed by atoms with Crippen molar-refractivity contribution in [2.24, 2.45) is 5.73 Å². The average molecular weight is 496 g/mol. The summed E-state index contributed by atoms with van der Waals surface area (Å²) in [5.74, 6) is 0.734. The summed E-state index contributed by atoms with van der Waals surface area (Å²) in [6.45, 7) is -0.743. The van der Waals surface area contributed by atoms with Gasteiger partial charge in [0.25, 0.3) is 0 Å². The molecule has 5 N–H and O–H groups in total. The van der Waals surface area contributed by atoms with Crippen LogP contribution in [0.2, 0.25) is 5.02 Å². The normalized spacial score (nSPS) is 13.5. The second kappa shape index (κ2) is 10.8. The average Bonchev–Trinajstić information content (AvgIpc) is 2.77. The molecular formula is C22H23ClNO6PS. The Bertz CT molecular complexity index is 1100. The summed E-state index contributed by atoms with van der Waals surface area (Å²) in [7, 11) is -4.75. The molecule has 32 heavy (non-hydrogen) atoms. The molecule has 0 radical (unpaired) electrons. The summed E-state index contributed by atoms with van der Waals surface area (Å²) in [5, 5.41) is 9.94. The van der Waals surface area contributed by atoms with Crippen molar-refractivity contribution in [3.63, 3.8) is 0 Å². The number of hydrogen-bond acceptors (Lipinski definition) is 6. The number of nitrogens with two attached hydrogens (primary N) is 1. The van der Waals surface area contributed by atoms with Gasteiger partial charge in [0.2, 0.25) is 0 Å². The Morgan fingerprint density at radius 3 is 2.38 bits per heavy atom. The summed E-state index contributed by atoms with van der Waals surface area (Å²) in [5.41, 5.74) is 5.93. The number of phosphoric ester groups is 1. The van der Waals surface area contributed by atoms with Crippen LogP contribution >= 0.6 is 31.2 Å². The fourth-order valence-electron chi connectivity index (χ4n) is 2.88. The molecule has 1 atom stereocenters. The van der Waals surface area contributed by atoms with Crippen LogP contribution in [0.15, 0.2) is 82.6 Å². The van der Waals surface area contributed by atoms with Crippen LogP contribution in [0.25, 0.3) is 0 Å². The third-order valence-electron chi connectivity index (χ3n) is 4.54. The van der Waals surface area contributed by atoms with E-state index in [1.807, 2.05) is 54.6 Å². The van der Waals surface area contributed by atoms with E-state index in [2.05, 4.69) is 4.52 Å². The first-order chi connectivity index (χ1) is 15.2. The van der Waals surface area contributed by atoms with Gasteiger partial charge in [0.05, 0.1) is 18.8 Å². The minimum atomic E-state index is -4.75. The van der Waals surface area contributed by atoms with E-state index < -0.39 is 26.6 Å². The lowest BCUT2D eigenvalue weighted by Gasteiger charge is -2.28. The molecule has 3 rings (SSSR count). The van der Waals surface area contributed by atoms with Crippen LogP contribution in [-0.4, -0.2) is 28.1 Å². The maximum Gasteiger partial charge on any atom is 0.469 e. The molecular weight excluding hydrogens is 473 g/mol. The molecule has 0 saturated heterocycles. The Morgan fingerprint density at radius 2 is 1.72 bits per heavy atom. The van der Waals surface area contributed by atoms with Gasteiger partial charge in [-0.05, 0) is 41.5 Å². The molecule has 170 valence electrons. The molecule has 0 aromatic heterocycles. The number of ether oxygens (including phenoxy) is 1. The molecule has 0 saturated carbocycles. The molecule has 0 unspecified atom stereocenters. The highest BCUT2D eigenvalue weighted by Crippen LogP contribution is 2.40. The fourth-order valence-corrected chi connectivity index (χ4v) is 4.61. The molecule has 0 heterocycles. The fraction of sp³-hybridized carbons (Fsp3) is 0.182.